The van der Waals surface area contributed by atoms with E-state index in [-0.39, 0.29) is 5.97 Å². The van der Waals surface area contributed by atoms with Gasteiger partial charge in [-0.05, 0) is 48.4 Å². The normalized spacial score (nSPS) is 10.2. The Morgan fingerprint density at radius 2 is 2.05 bits per heavy atom. The van der Waals surface area contributed by atoms with Crippen LogP contribution in [0.3, 0.4) is 0 Å². The van der Waals surface area contributed by atoms with Gasteiger partial charge in [0.1, 0.15) is 0 Å². The van der Waals surface area contributed by atoms with Gasteiger partial charge in [0.2, 0.25) is 0 Å². The highest BCUT2D eigenvalue weighted by Gasteiger charge is 2.05. The lowest BCUT2D eigenvalue weighted by Crippen LogP contribution is -2.04. The topological polar surface area (TPSA) is 38.3 Å². The summed E-state index contributed by atoms with van der Waals surface area (Å²) in [5.41, 5.74) is 3.71. The lowest BCUT2D eigenvalue weighted by molar-refractivity contribution is 0.0601. The van der Waals surface area contributed by atoms with Crippen molar-refractivity contribution in [3.8, 4) is 0 Å². The van der Waals surface area contributed by atoms with Gasteiger partial charge in [-0.2, -0.15) is 0 Å². The van der Waals surface area contributed by atoms with Gasteiger partial charge in [0.15, 0.2) is 0 Å². The van der Waals surface area contributed by atoms with E-state index in [1.54, 1.807) is 12.1 Å². The van der Waals surface area contributed by atoms with Crippen molar-refractivity contribution < 1.29 is 9.53 Å². The molecule has 1 N–H and O–H groups in total. The molecule has 0 aliphatic heterocycles. The monoisotopic (exact) mass is 289 g/mol. The Kier molecular flexibility index (Phi) is 4.64. The van der Waals surface area contributed by atoms with Crippen LogP contribution >= 0.6 is 11.6 Å². The summed E-state index contributed by atoms with van der Waals surface area (Å²) in [6, 6.07) is 13.0. The number of anilines is 1. The van der Waals surface area contributed by atoms with Crippen LogP contribution in [0.1, 0.15) is 21.5 Å². The van der Waals surface area contributed by atoms with Crippen LogP contribution in [0.4, 0.5) is 5.69 Å². The van der Waals surface area contributed by atoms with Gasteiger partial charge in [-0.15, -0.1) is 0 Å². The van der Waals surface area contributed by atoms with E-state index >= 15 is 0 Å². The zero-order valence-electron chi connectivity index (χ0n) is 11.4. The lowest BCUT2D eigenvalue weighted by atomic mass is 10.1. The van der Waals surface area contributed by atoms with Gasteiger partial charge in [0.05, 0.1) is 12.7 Å². The maximum absolute atomic E-state index is 11.5. The quantitative estimate of drug-likeness (QED) is 0.863. The van der Waals surface area contributed by atoms with Gasteiger partial charge < -0.3 is 10.1 Å². The number of aryl methyl sites for hydroxylation is 1. The number of benzene rings is 2. The molecule has 0 spiro atoms. The zero-order chi connectivity index (χ0) is 14.5. The minimum absolute atomic E-state index is 0.337. The average Bonchev–Trinajstić information content (AvgIpc) is 2.46. The minimum Gasteiger partial charge on any atom is -0.465 e. The molecule has 0 aliphatic carbocycles. The van der Waals surface area contributed by atoms with Crippen LogP contribution in [0.15, 0.2) is 42.5 Å². The largest absolute Gasteiger partial charge is 0.465 e. The molecule has 0 unspecified atom stereocenters. The summed E-state index contributed by atoms with van der Waals surface area (Å²) in [7, 11) is 1.37. The number of hydrogen-bond acceptors (Lipinski definition) is 3. The number of rotatable bonds is 4. The fourth-order valence-electron chi connectivity index (χ4n) is 1.93. The summed E-state index contributed by atoms with van der Waals surface area (Å²) in [5.74, 6) is -0.337. The minimum atomic E-state index is -0.337. The van der Waals surface area contributed by atoms with Gasteiger partial charge in [0, 0.05) is 17.3 Å². The van der Waals surface area contributed by atoms with Crippen LogP contribution in [0.5, 0.6) is 0 Å². The van der Waals surface area contributed by atoms with Gasteiger partial charge >= 0.3 is 5.97 Å². The predicted octanol–water partition coefficient (Wildman–Crippen LogP) is 4.05. The number of esters is 1. The number of ether oxygens (including phenoxy) is 1. The number of hydrogen-bond donors (Lipinski definition) is 1. The SMILES string of the molecule is COC(=O)c1cccc(NCc2ccc(Cl)cc2C)c1. The molecule has 0 saturated heterocycles. The van der Waals surface area contributed by atoms with E-state index in [0.717, 1.165) is 21.8 Å². The molecule has 104 valence electrons. The van der Waals surface area contributed by atoms with E-state index in [1.165, 1.54) is 7.11 Å². The van der Waals surface area contributed by atoms with E-state index < -0.39 is 0 Å². The molecule has 4 heteroatoms. The van der Waals surface area contributed by atoms with Crippen molar-refractivity contribution in [1.82, 2.24) is 0 Å². The van der Waals surface area contributed by atoms with E-state index in [9.17, 15) is 4.79 Å². The smallest absolute Gasteiger partial charge is 0.337 e. The predicted molar refractivity (Wildman–Crippen MR) is 81.3 cm³/mol. The fraction of sp³-hybridized carbons (Fsp3) is 0.188. The van der Waals surface area contributed by atoms with Crippen LogP contribution in [-0.4, -0.2) is 13.1 Å². The fourth-order valence-corrected chi connectivity index (χ4v) is 2.16. The van der Waals surface area contributed by atoms with Crippen molar-refractivity contribution in [2.24, 2.45) is 0 Å². The maximum atomic E-state index is 11.5. The van der Waals surface area contributed by atoms with Gasteiger partial charge in [-0.1, -0.05) is 23.7 Å². The van der Waals surface area contributed by atoms with Crippen molar-refractivity contribution in [3.05, 3.63) is 64.2 Å². The Bertz CT molecular complexity index is 626. The summed E-state index contributed by atoms with van der Waals surface area (Å²) in [4.78, 5) is 11.5. The molecule has 20 heavy (non-hydrogen) atoms. The molecule has 0 aliphatic rings. The second kappa shape index (κ2) is 6.44. The Morgan fingerprint density at radius 1 is 1.25 bits per heavy atom. The Hall–Kier alpha value is -2.00. The highest BCUT2D eigenvalue weighted by atomic mass is 35.5. The number of halogens is 1. The maximum Gasteiger partial charge on any atom is 0.337 e. The molecule has 0 aromatic heterocycles. The molecule has 0 fully saturated rings. The first-order valence-electron chi connectivity index (χ1n) is 6.27. The molecule has 2 aromatic carbocycles. The molecule has 0 radical (unpaired) electrons. The Labute approximate surface area is 123 Å². The van der Waals surface area contributed by atoms with Crippen molar-refractivity contribution in [3.63, 3.8) is 0 Å². The van der Waals surface area contributed by atoms with Crippen LogP contribution < -0.4 is 5.32 Å². The number of carbonyl (C=O) groups excluding carboxylic acids is 1. The van der Waals surface area contributed by atoms with Crippen molar-refractivity contribution in [2.75, 3.05) is 12.4 Å². The summed E-state index contributed by atoms with van der Waals surface area (Å²) < 4.78 is 4.70. The average molecular weight is 290 g/mol. The van der Waals surface area contributed by atoms with Gasteiger partial charge in [0.25, 0.3) is 0 Å². The third-order valence-corrected chi connectivity index (χ3v) is 3.31. The van der Waals surface area contributed by atoms with Gasteiger partial charge in [-0.25, -0.2) is 4.79 Å². The molecule has 0 amide bonds. The first-order chi connectivity index (χ1) is 9.60. The second-order valence-corrected chi connectivity index (χ2v) is 4.93. The van der Waals surface area contributed by atoms with Crippen LogP contribution in [-0.2, 0) is 11.3 Å². The van der Waals surface area contributed by atoms with Crippen molar-refractivity contribution in [1.29, 1.82) is 0 Å². The van der Waals surface area contributed by atoms with Crippen molar-refractivity contribution >= 4 is 23.3 Å². The molecule has 0 bridgehead atoms. The number of nitrogens with one attached hydrogen (secondary N) is 1. The summed E-state index contributed by atoms with van der Waals surface area (Å²) in [6.45, 7) is 2.70. The van der Waals surface area contributed by atoms with E-state index in [2.05, 4.69) is 5.32 Å². The molecular formula is C16H16ClNO2. The second-order valence-electron chi connectivity index (χ2n) is 4.50. The standard InChI is InChI=1S/C16H16ClNO2/c1-11-8-14(17)7-6-13(11)10-18-15-5-3-4-12(9-15)16(19)20-2/h3-9,18H,10H2,1-2H3. The van der Waals surface area contributed by atoms with E-state index in [4.69, 9.17) is 16.3 Å². The highest BCUT2D eigenvalue weighted by molar-refractivity contribution is 6.30. The van der Waals surface area contributed by atoms with Crippen LogP contribution in [0.25, 0.3) is 0 Å². The molecule has 3 nitrogen and oxygen atoms in total. The summed E-state index contributed by atoms with van der Waals surface area (Å²) >= 11 is 5.93. The lowest BCUT2D eigenvalue weighted by Gasteiger charge is -2.10. The Balaban J connectivity index is 2.09. The molecule has 0 heterocycles. The number of methoxy groups -OCH3 is 1. The molecule has 2 rings (SSSR count). The van der Waals surface area contributed by atoms with Crippen LogP contribution in [0.2, 0.25) is 5.02 Å². The first kappa shape index (κ1) is 14.4. The molecule has 0 atom stereocenters. The van der Waals surface area contributed by atoms with E-state index in [1.807, 2.05) is 37.3 Å². The Morgan fingerprint density at radius 3 is 2.75 bits per heavy atom. The first-order valence-corrected chi connectivity index (χ1v) is 6.65. The third-order valence-electron chi connectivity index (χ3n) is 3.07. The van der Waals surface area contributed by atoms with Crippen molar-refractivity contribution in [2.45, 2.75) is 13.5 Å². The van der Waals surface area contributed by atoms with Crippen LogP contribution in [0, 0.1) is 6.92 Å². The number of carbonyl (C=O) groups is 1. The third kappa shape index (κ3) is 3.52. The highest BCUT2D eigenvalue weighted by Crippen LogP contribution is 2.17. The molecule has 2 aromatic rings. The zero-order valence-corrected chi connectivity index (χ0v) is 12.2. The van der Waals surface area contributed by atoms with E-state index in [0.29, 0.717) is 12.1 Å². The molecular weight excluding hydrogens is 274 g/mol. The molecule has 0 saturated carbocycles. The van der Waals surface area contributed by atoms with Gasteiger partial charge in [-0.3, -0.25) is 0 Å². The summed E-state index contributed by atoms with van der Waals surface area (Å²) in [6.07, 6.45) is 0. The summed E-state index contributed by atoms with van der Waals surface area (Å²) in [5, 5.41) is 4.02.